The molecule has 0 aromatic heterocycles. The second-order valence-electron chi connectivity index (χ2n) is 4.49. The van der Waals surface area contributed by atoms with E-state index in [0.29, 0.717) is 24.0 Å². The number of primary amides is 1. The Morgan fingerprint density at radius 3 is 2.84 bits per heavy atom. The van der Waals surface area contributed by atoms with E-state index in [1.165, 1.54) is 0 Å². The Morgan fingerprint density at radius 1 is 1.37 bits per heavy atom. The normalized spacial score (nSPS) is 13.9. The standard InChI is InChI=1S/C13H17N3O3/c14-12(17)8-19-11-3-1-2-10(6-11)16-13(18)7-15-9-4-5-9/h1-3,6,9,15H,4-5,7-8H2,(H2,14,17)(H,16,18). The lowest BCUT2D eigenvalue weighted by Crippen LogP contribution is -2.29. The van der Waals surface area contributed by atoms with Crippen LogP contribution in [0.15, 0.2) is 24.3 Å². The molecule has 0 atom stereocenters. The minimum Gasteiger partial charge on any atom is -0.484 e. The van der Waals surface area contributed by atoms with Crippen LogP contribution in [-0.4, -0.2) is 31.0 Å². The third-order valence-electron chi connectivity index (χ3n) is 2.63. The highest BCUT2D eigenvalue weighted by Gasteiger charge is 2.21. The smallest absolute Gasteiger partial charge is 0.255 e. The van der Waals surface area contributed by atoms with E-state index in [-0.39, 0.29) is 12.5 Å². The van der Waals surface area contributed by atoms with Crippen molar-refractivity contribution in [3.05, 3.63) is 24.3 Å². The Bertz CT molecular complexity index is 472. The summed E-state index contributed by atoms with van der Waals surface area (Å²) < 4.78 is 5.16. The van der Waals surface area contributed by atoms with E-state index in [1.807, 2.05) is 0 Å². The maximum absolute atomic E-state index is 11.6. The zero-order valence-electron chi connectivity index (χ0n) is 10.5. The molecule has 0 radical (unpaired) electrons. The summed E-state index contributed by atoms with van der Waals surface area (Å²) >= 11 is 0. The molecular weight excluding hydrogens is 246 g/mol. The second-order valence-corrected chi connectivity index (χ2v) is 4.49. The number of ether oxygens (including phenoxy) is 1. The number of amides is 2. The fourth-order valence-corrected chi connectivity index (χ4v) is 1.55. The number of carbonyl (C=O) groups is 2. The van der Waals surface area contributed by atoms with Crippen molar-refractivity contribution in [3.8, 4) is 5.75 Å². The van der Waals surface area contributed by atoms with Crippen LogP contribution in [0.5, 0.6) is 5.75 Å². The van der Waals surface area contributed by atoms with Crippen molar-refractivity contribution in [2.24, 2.45) is 5.73 Å². The molecule has 6 heteroatoms. The molecule has 1 saturated carbocycles. The molecule has 1 fully saturated rings. The zero-order chi connectivity index (χ0) is 13.7. The topological polar surface area (TPSA) is 93.5 Å². The molecule has 1 aliphatic rings. The lowest BCUT2D eigenvalue weighted by atomic mass is 10.3. The summed E-state index contributed by atoms with van der Waals surface area (Å²) in [6.45, 7) is 0.123. The van der Waals surface area contributed by atoms with Gasteiger partial charge in [0, 0.05) is 17.8 Å². The molecule has 1 aliphatic carbocycles. The number of anilines is 1. The fourth-order valence-electron chi connectivity index (χ4n) is 1.55. The van der Waals surface area contributed by atoms with Gasteiger partial charge in [0.15, 0.2) is 6.61 Å². The third kappa shape index (κ3) is 4.97. The number of rotatable bonds is 7. The first kappa shape index (κ1) is 13.4. The fraction of sp³-hybridized carbons (Fsp3) is 0.385. The van der Waals surface area contributed by atoms with Crippen molar-refractivity contribution >= 4 is 17.5 Å². The first-order chi connectivity index (χ1) is 9.13. The van der Waals surface area contributed by atoms with Gasteiger partial charge in [0.1, 0.15) is 5.75 Å². The number of nitrogens with one attached hydrogen (secondary N) is 2. The second kappa shape index (κ2) is 6.19. The van der Waals surface area contributed by atoms with E-state index in [2.05, 4.69) is 10.6 Å². The Morgan fingerprint density at radius 2 is 2.16 bits per heavy atom. The van der Waals surface area contributed by atoms with Crippen molar-refractivity contribution in [2.45, 2.75) is 18.9 Å². The van der Waals surface area contributed by atoms with E-state index < -0.39 is 5.91 Å². The van der Waals surface area contributed by atoms with Crippen LogP contribution in [0.25, 0.3) is 0 Å². The van der Waals surface area contributed by atoms with Crippen molar-refractivity contribution in [3.63, 3.8) is 0 Å². The summed E-state index contributed by atoms with van der Waals surface area (Å²) in [7, 11) is 0. The van der Waals surface area contributed by atoms with Gasteiger partial charge in [-0.2, -0.15) is 0 Å². The largest absolute Gasteiger partial charge is 0.484 e. The predicted octanol–water partition coefficient (Wildman–Crippen LogP) is 0.241. The number of hydrogen-bond acceptors (Lipinski definition) is 4. The highest BCUT2D eigenvalue weighted by molar-refractivity contribution is 5.92. The molecule has 1 aromatic rings. The first-order valence-corrected chi connectivity index (χ1v) is 6.18. The molecule has 0 heterocycles. The summed E-state index contributed by atoms with van der Waals surface area (Å²) in [6, 6.07) is 7.33. The maximum atomic E-state index is 11.6. The summed E-state index contributed by atoms with van der Waals surface area (Å²) in [5.41, 5.74) is 5.62. The summed E-state index contributed by atoms with van der Waals surface area (Å²) in [4.78, 5) is 22.2. The van der Waals surface area contributed by atoms with Gasteiger partial charge >= 0.3 is 0 Å². The van der Waals surface area contributed by atoms with Gasteiger partial charge in [0.05, 0.1) is 6.54 Å². The van der Waals surface area contributed by atoms with Gasteiger partial charge in [-0.1, -0.05) is 6.07 Å². The Hall–Kier alpha value is -2.08. The van der Waals surface area contributed by atoms with E-state index in [0.717, 1.165) is 12.8 Å². The third-order valence-corrected chi connectivity index (χ3v) is 2.63. The van der Waals surface area contributed by atoms with Crippen LogP contribution >= 0.6 is 0 Å². The van der Waals surface area contributed by atoms with Crippen molar-refractivity contribution < 1.29 is 14.3 Å². The summed E-state index contributed by atoms with van der Waals surface area (Å²) in [6.07, 6.45) is 2.29. The van der Waals surface area contributed by atoms with Crippen LogP contribution in [0, 0.1) is 0 Å². The average molecular weight is 263 g/mol. The number of hydrogen-bond donors (Lipinski definition) is 3. The molecule has 0 unspecified atom stereocenters. The highest BCUT2D eigenvalue weighted by Crippen LogP contribution is 2.19. The molecule has 0 saturated heterocycles. The summed E-state index contributed by atoms with van der Waals surface area (Å²) in [5.74, 6) is -0.145. The van der Waals surface area contributed by atoms with Crippen molar-refractivity contribution in [1.82, 2.24) is 5.32 Å². The van der Waals surface area contributed by atoms with E-state index in [4.69, 9.17) is 10.5 Å². The van der Waals surface area contributed by atoms with E-state index in [9.17, 15) is 9.59 Å². The molecule has 19 heavy (non-hydrogen) atoms. The molecule has 4 N–H and O–H groups in total. The Balaban J connectivity index is 1.82. The number of benzene rings is 1. The van der Waals surface area contributed by atoms with Crippen LogP contribution in [0.3, 0.4) is 0 Å². The van der Waals surface area contributed by atoms with E-state index in [1.54, 1.807) is 24.3 Å². The van der Waals surface area contributed by atoms with Crippen molar-refractivity contribution in [2.75, 3.05) is 18.5 Å². The Kier molecular flexibility index (Phi) is 4.35. The Labute approximate surface area is 111 Å². The van der Waals surface area contributed by atoms with Gasteiger partial charge in [-0.05, 0) is 25.0 Å². The predicted molar refractivity (Wildman–Crippen MR) is 70.8 cm³/mol. The molecule has 0 bridgehead atoms. The lowest BCUT2D eigenvalue weighted by molar-refractivity contribution is -0.120. The molecule has 2 amide bonds. The van der Waals surface area contributed by atoms with Crippen LogP contribution in [0.1, 0.15) is 12.8 Å². The average Bonchev–Trinajstić information content (AvgIpc) is 3.18. The first-order valence-electron chi connectivity index (χ1n) is 6.18. The van der Waals surface area contributed by atoms with Gasteiger partial charge in [-0.25, -0.2) is 0 Å². The van der Waals surface area contributed by atoms with Gasteiger partial charge in [-0.3, -0.25) is 9.59 Å². The van der Waals surface area contributed by atoms with Crippen LogP contribution in [0.2, 0.25) is 0 Å². The minimum atomic E-state index is -0.539. The maximum Gasteiger partial charge on any atom is 0.255 e. The molecular formula is C13H17N3O3. The number of carbonyl (C=O) groups excluding carboxylic acids is 2. The molecule has 6 nitrogen and oxygen atoms in total. The summed E-state index contributed by atoms with van der Waals surface area (Å²) in [5, 5.41) is 5.88. The quantitative estimate of drug-likeness (QED) is 0.657. The number of nitrogens with two attached hydrogens (primary N) is 1. The highest BCUT2D eigenvalue weighted by atomic mass is 16.5. The zero-order valence-corrected chi connectivity index (χ0v) is 10.5. The molecule has 0 spiro atoms. The SMILES string of the molecule is NC(=O)COc1cccc(NC(=O)CNC2CC2)c1. The van der Waals surface area contributed by atoms with Gasteiger partial charge in [0.2, 0.25) is 5.91 Å². The van der Waals surface area contributed by atoms with Crippen LogP contribution in [-0.2, 0) is 9.59 Å². The van der Waals surface area contributed by atoms with Crippen molar-refractivity contribution in [1.29, 1.82) is 0 Å². The van der Waals surface area contributed by atoms with Gasteiger partial charge in [-0.15, -0.1) is 0 Å². The van der Waals surface area contributed by atoms with Crippen LogP contribution < -0.4 is 21.1 Å². The molecule has 2 rings (SSSR count). The van der Waals surface area contributed by atoms with Crippen LogP contribution in [0.4, 0.5) is 5.69 Å². The van der Waals surface area contributed by atoms with E-state index >= 15 is 0 Å². The monoisotopic (exact) mass is 263 g/mol. The van der Waals surface area contributed by atoms with Gasteiger partial charge < -0.3 is 21.1 Å². The lowest BCUT2D eigenvalue weighted by Gasteiger charge is -2.08. The molecule has 1 aromatic carbocycles. The van der Waals surface area contributed by atoms with Gasteiger partial charge in [0.25, 0.3) is 5.91 Å². The molecule has 102 valence electrons. The minimum absolute atomic E-state index is 0.0982. The molecule has 0 aliphatic heterocycles.